The van der Waals surface area contributed by atoms with Crippen LogP contribution in [0.2, 0.25) is 0 Å². The molecule has 2 aromatic carbocycles. The maximum absolute atomic E-state index is 12.3. The van der Waals surface area contributed by atoms with Crippen LogP contribution in [0.3, 0.4) is 0 Å². The number of methoxy groups -OCH3 is 1. The number of piperidine rings is 1. The number of benzene rings is 2. The zero-order valence-corrected chi connectivity index (χ0v) is 14.8. The number of hydrogen-bond donors (Lipinski definition) is 2. The minimum Gasteiger partial charge on any atom is -0.497 e. The average Bonchev–Trinajstić information content (AvgIpc) is 2.97. The summed E-state index contributed by atoms with van der Waals surface area (Å²) in [5.74, 6) is 1.59. The molecule has 2 saturated heterocycles. The maximum atomic E-state index is 12.3. The van der Waals surface area contributed by atoms with E-state index in [-0.39, 0.29) is 5.91 Å². The van der Waals surface area contributed by atoms with Gasteiger partial charge in [-0.25, -0.2) is 0 Å². The lowest BCUT2D eigenvalue weighted by atomic mass is 9.89. The number of carbonyl (C=O) groups excluding carboxylic acids is 1. The summed E-state index contributed by atoms with van der Waals surface area (Å²) in [4.78, 5) is 12.3. The van der Waals surface area contributed by atoms with Gasteiger partial charge in [0.05, 0.1) is 7.11 Å². The highest BCUT2D eigenvalue weighted by Gasteiger charge is 2.34. The number of ether oxygens (including phenoxy) is 1. The van der Waals surface area contributed by atoms with Gasteiger partial charge in [0.25, 0.3) is 0 Å². The first-order chi connectivity index (χ1) is 12.2. The zero-order chi connectivity index (χ0) is 17.2. The second-order valence-corrected chi connectivity index (χ2v) is 7.50. The summed E-state index contributed by atoms with van der Waals surface area (Å²) in [6.45, 7) is 0.596. The predicted molar refractivity (Wildman–Crippen MR) is 99.6 cm³/mol. The van der Waals surface area contributed by atoms with Gasteiger partial charge in [-0.05, 0) is 66.1 Å². The van der Waals surface area contributed by atoms with E-state index in [9.17, 15) is 4.79 Å². The summed E-state index contributed by atoms with van der Waals surface area (Å²) in [7, 11) is 1.68. The molecule has 0 radical (unpaired) electrons. The Morgan fingerprint density at radius 3 is 2.60 bits per heavy atom. The van der Waals surface area contributed by atoms with E-state index in [2.05, 4.69) is 34.9 Å². The van der Waals surface area contributed by atoms with Gasteiger partial charge in [0, 0.05) is 25.0 Å². The first kappa shape index (κ1) is 16.4. The van der Waals surface area contributed by atoms with Gasteiger partial charge in [-0.15, -0.1) is 0 Å². The van der Waals surface area contributed by atoms with Gasteiger partial charge in [-0.1, -0.05) is 18.2 Å². The highest BCUT2D eigenvalue weighted by atomic mass is 16.5. The number of carbonyl (C=O) groups is 1. The van der Waals surface area contributed by atoms with Crippen LogP contribution in [0.4, 0.5) is 0 Å². The van der Waals surface area contributed by atoms with Gasteiger partial charge >= 0.3 is 0 Å². The van der Waals surface area contributed by atoms with Crippen molar-refractivity contribution in [1.29, 1.82) is 0 Å². The molecule has 0 saturated carbocycles. The van der Waals surface area contributed by atoms with E-state index in [1.807, 2.05) is 12.1 Å². The zero-order valence-electron chi connectivity index (χ0n) is 14.8. The normalized spacial score (nSPS) is 25.1. The van der Waals surface area contributed by atoms with Gasteiger partial charge in [-0.3, -0.25) is 4.79 Å². The number of rotatable bonds is 5. The Morgan fingerprint density at radius 2 is 1.84 bits per heavy atom. The fourth-order valence-corrected chi connectivity index (χ4v) is 4.39. The monoisotopic (exact) mass is 338 g/mol. The lowest BCUT2D eigenvalue weighted by Gasteiger charge is -2.28. The lowest BCUT2D eigenvalue weighted by molar-refractivity contribution is -0.122. The Labute approximate surface area is 148 Å². The molecule has 2 heterocycles. The number of hydrogen-bond acceptors (Lipinski definition) is 3. The van der Waals surface area contributed by atoms with Crippen molar-refractivity contribution in [3.63, 3.8) is 0 Å². The molecule has 2 aliphatic rings. The molecule has 0 aliphatic carbocycles. The summed E-state index contributed by atoms with van der Waals surface area (Å²) >= 11 is 0. The van der Waals surface area contributed by atoms with E-state index >= 15 is 0 Å². The van der Waals surface area contributed by atoms with Crippen LogP contribution < -0.4 is 15.4 Å². The molecule has 2 aliphatic heterocycles. The summed E-state index contributed by atoms with van der Waals surface area (Å²) in [6.07, 6.45) is 5.54. The van der Waals surface area contributed by atoms with Crippen LogP contribution in [0.5, 0.6) is 5.75 Å². The first-order valence-corrected chi connectivity index (χ1v) is 9.29. The molecule has 2 fully saturated rings. The van der Waals surface area contributed by atoms with Gasteiger partial charge in [0.15, 0.2) is 0 Å². The van der Waals surface area contributed by atoms with Gasteiger partial charge in [0.1, 0.15) is 5.75 Å². The molecular formula is C21H26N2O2. The van der Waals surface area contributed by atoms with E-state index < -0.39 is 0 Å². The fraction of sp³-hybridized carbons (Fsp3) is 0.476. The molecule has 4 heteroatoms. The maximum Gasteiger partial charge on any atom is 0.220 e. The summed E-state index contributed by atoms with van der Waals surface area (Å²) in [5.41, 5.74) is 1.14. The molecule has 2 N–H and O–H groups in total. The Hall–Kier alpha value is -2.07. The first-order valence-electron chi connectivity index (χ1n) is 9.29. The van der Waals surface area contributed by atoms with Crippen molar-refractivity contribution in [3.05, 3.63) is 42.0 Å². The van der Waals surface area contributed by atoms with Crippen LogP contribution in [0.1, 0.15) is 37.7 Å². The predicted octanol–water partition coefficient (Wildman–Crippen LogP) is 3.39. The Morgan fingerprint density at radius 1 is 1.12 bits per heavy atom. The molecule has 132 valence electrons. The van der Waals surface area contributed by atoms with Crippen molar-refractivity contribution in [2.24, 2.45) is 5.92 Å². The minimum atomic E-state index is 0.182. The molecule has 1 amide bonds. The quantitative estimate of drug-likeness (QED) is 0.879. The third kappa shape index (κ3) is 3.79. The molecule has 2 bridgehead atoms. The Bertz CT molecular complexity index is 762. The average molecular weight is 338 g/mol. The smallest absolute Gasteiger partial charge is 0.220 e. The van der Waals surface area contributed by atoms with Gasteiger partial charge < -0.3 is 15.4 Å². The van der Waals surface area contributed by atoms with Crippen molar-refractivity contribution in [2.45, 2.75) is 50.7 Å². The molecule has 2 unspecified atom stereocenters. The summed E-state index contributed by atoms with van der Waals surface area (Å²) < 4.78 is 5.26. The van der Waals surface area contributed by atoms with Crippen LogP contribution in [0.25, 0.3) is 10.8 Å². The van der Waals surface area contributed by atoms with Crippen molar-refractivity contribution in [1.82, 2.24) is 10.6 Å². The van der Waals surface area contributed by atoms with E-state index in [0.29, 0.717) is 31.0 Å². The Balaban J connectivity index is 1.33. The largest absolute Gasteiger partial charge is 0.497 e. The van der Waals surface area contributed by atoms with E-state index in [0.717, 1.165) is 29.5 Å². The van der Waals surface area contributed by atoms with E-state index in [4.69, 9.17) is 4.74 Å². The topological polar surface area (TPSA) is 50.4 Å². The highest BCUT2D eigenvalue weighted by Crippen LogP contribution is 2.32. The summed E-state index contributed by atoms with van der Waals surface area (Å²) in [5, 5.41) is 9.06. The number of fused-ring (bicyclic) bond motifs is 3. The molecule has 0 aromatic heterocycles. The van der Waals surface area contributed by atoms with E-state index in [1.165, 1.54) is 18.2 Å². The van der Waals surface area contributed by atoms with Crippen LogP contribution in [0, 0.1) is 5.92 Å². The third-order valence-corrected chi connectivity index (χ3v) is 5.65. The SMILES string of the molecule is COc1ccc2cc(CNC(=O)CC3CC4CCC(C3)N4)ccc2c1. The van der Waals surface area contributed by atoms with Crippen LogP contribution in [-0.4, -0.2) is 25.1 Å². The molecule has 2 aromatic rings. The second-order valence-electron chi connectivity index (χ2n) is 7.50. The van der Waals surface area contributed by atoms with Crippen molar-refractivity contribution < 1.29 is 9.53 Å². The third-order valence-electron chi connectivity index (χ3n) is 5.65. The molecule has 2 atom stereocenters. The summed E-state index contributed by atoms with van der Waals surface area (Å²) in [6, 6.07) is 13.7. The number of amides is 1. The number of nitrogens with one attached hydrogen (secondary N) is 2. The highest BCUT2D eigenvalue weighted by molar-refractivity contribution is 5.84. The van der Waals surface area contributed by atoms with Gasteiger partial charge in [-0.2, -0.15) is 0 Å². The lowest BCUT2D eigenvalue weighted by Crippen LogP contribution is -2.39. The van der Waals surface area contributed by atoms with E-state index in [1.54, 1.807) is 7.11 Å². The van der Waals surface area contributed by atoms with Gasteiger partial charge in [0.2, 0.25) is 5.91 Å². The second kappa shape index (κ2) is 7.04. The molecule has 4 nitrogen and oxygen atoms in total. The van der Waals surface area contributed by atoms with Crippen molar-refractivity contribution in [2.75, 3.05) is 7.11 Å². The molecule has 4 rings (SSSR count). The van der Waals surface area contributed by atoms with Crippen molar-refractivity contribution >= 4 is 16.7 Å². The molecule has 25 heavy (non-hydrogen) atoms. The van der Waals surface area contributed by atoms with Crippen LogP contribution in [-0.2, 0) is 11.3 Å². The minimum absolute atomic E-state index is 0.182. The standard InChI is InChI=1S/C21H26N2O2/c1-25-20-7-4-16-8-14(2-3-17(16)12-20)13-22-21(24)11-15-9-18-5-6-19(10-15)23-18/h2-4,7-8,12,15,18-19,23H,5-6,9-11,13H2,1H3,(H,22,24). The van der Waals surface area contributed by atoms with Crippen LogP contribution >= 0.6 is 0 Å². The fourth-order valence-electron chi connectivity index (χ4n) is 4.39. The molecule has 0 spiro atoms. The molecular weight excluding hydrogens is 312 g/mol. The Kier molecular flexibility index (Phi) is 4.62. The van der Waals surface area contributed by atoms with Crippen molar-refractivity contribution in [3.8, 4) is 5.75 Å². The van der Waals surface area contributed by atoms with Crippen LogP contribution in [0.15, 0.2) is 36.4 Å².